The van der Waals surface area contributed by atoms with E-state index >= 15 is 0 Å². The molecule has 1 unspecified atom stereocenters. The number of sulfonamides is 1. The van der Waals surface area contributed by atoms with Gasteiger partial charge in [-0.05, 0) is 36.3 Å². The maximum atomic E-state index is 12.8. The zero-order chi connectivity index (χ0) is 15.6. The molecule has 0 aromatic heterocycles. The van der Waals surface area contributed by atoms with Crippen molar-refractivity contribution in [3.63, 3.8) is 0 Å². The van der Waals surface area contributed by atoms with Crippen LogP contribution in [0.15, 0.2) is 23.1 Å². The SMILES string of the molecule is CCc1ccc(C(=O)O)cc1S(=O)(=O)N(C)C1CCSC1. The van der Waals surface area contributed by atoms with E-state index in [-0.39, 0.29) is 16.5 Å². The van der Waals surface area contributed by atoms with Gasteiger partial charge in [0, 0.05) is 18.8 Å². The van der Waals surface area contributed by atoms with Crippen LogP contribution in [0.25, 0.3) is 0 Å². The number of aromatic carboxylic acids is 1. The van der Waals surface area contributed by atoms with Crippen molar-refractivity contribution in [1.82, 2.24) is 4.31 Å². The van der Waals surface area contributed by atoms with E-state index in [0.717, 1.165) is 17.9 Å². The summed E-state index contributed by atoms with van der Waals surface area (Å²) in [5.41, 5.74) is 0.650. The second-order valence-corrected chi connectivity index (χ2v) is 8.14. The Balaban J connectivity index is 2.46. The Morgan fingerprint density at radius 1 is 1.48 bits per heavy atom. The largest absolute Gasteiger partial charge is 0.478 e. The van der Waals surface area contributed by atoms with Crippen LogP contribution in [0, 0.1) is 0 Å². The molecule has 0 saturated carbocycles. The van der Waals surface area contributed by atoms with Crippen molar-refractivity contribution in [3.05, 3.63) is 29.3 Å². The minimum atomic E-state index is -3.66. The predicted molar refractivity (Wildman–Crippen MR) is 83.5 cm³/mol. The minimum absolute atomic E-state index is 0.0000260. The number of carboxylic acid groups (broad SMARTS) is 1. The van der Waals surface area contributed by atoms with Crippen LogP contribution < -0.4 is 0 Å². The van der Waals surface area contributed by atoms with Crippen LogP contribution in [-0.4, -0.2) is 48.4 Å². The Labute approximate surface area is 129 Å². The molecule has 1 aromatic carbocycles. The molecule has 116 valence electrons. The van der Waals surface area contributed by atoms with E-state index < -0.39 is 16.0 Å². The fourth-order valence-electron chi connectivity index (χ4n) is 2.38. The lowest BCUT2D eigenvalue weighted by atomic mass is 10.1. The summed E-state index contributed by atoms with van der Waals surface area (Å²) in [6, 6.07) is 4.30. The van der Waals surface area contributed by atoms with E-state index in [0.29, 0.717) is 12.0 Å². The van der Waals surface area contributed by atoms with Gasteiger partial charge in [0.15, 0.2) is 0 Å². The summed E-state index contributed by atoms with van der Waals surface area (Å²) < 4.78 is 27.0. The van der Waals surface area contributed by atoms with Gasteiger partial charge in [0.2, 0.25) is 10.0 Å². The van der Waals surface area contributed by atoms with Crippen LogP contribution in [0.2, 0.25) is 0 Å². The number of aryl methyl sites for hydroxylation is 1. The third-order valence-corrected chi connectivity index (χ3v) is 6.91. The van der Waals surface area contributed by atoms with Crippen molar-refractivity contribution in [2.24, 2.45) is 0 Å². The molecule has 2 rings (SSSR count). The van der Waals surface area contributed by atoms with Crippen molar-refractivity contribution >= 4 is 27.8 Å². The molecule has 1 N–H and O–H groups in total. The van der Waals surface area contributed by atoms with Gasteiger partial charge in [0.25, 0.3) is 0 Å². The van der Waals surface area contributed by atoms with E-state index in [9.17, 15) is 13.2 Å². The first-order chi connectivity index (χ1) is 9.87. The second kappa shape index (κ2) is 6.37. The molecule has 1 atom stereocenters. The number of benzene rings is 1. The first kappa shape index (κ1) is 16.3. The average molecular weight is 329 g/mol. The molecule has 0 aliphatic carbocycles. The summed E-state index contributed by atoms with van der Waals surface area (Å²) in [6.45, 7) is 1.86. The van der Waals surface area contributed by atoms with E-state index in [1.807, 2.05) is 6.92 Å². The Morgan fingerprint density at radius 2 is 2.19 bits per heavy atom. The van der Waals surface area contributed by atoms with E-state index in [4.69, 9.17) is 5.11 Å². The molecule has 7 heteroatoms. The fourth-order valence-corrected chi connectivity index (χ4v) is 5.44. The topological polar surface area (TPSA) is 74.7 Å². The number of carboxylic acids is 1. The summed E-state index contributed by atoms with van der Waals surface area (Å²) in [7, 11) is -2.08. The van der Waals surface area contributed by atoms with Gasteiger partial charge in [-0.25, -0.2) is 13.2 Å². The molecule has 1 saturated heterocycles. The van der Waals surface area contributed by atoms with Gasteiger partial charge in [-0.2, -0.15) is 16.1 Å². The number of hydrogen-bond acceptors (Lipinski definition) is 4. The minimum Gasteiger partial charge on any atom is -0.478 e. The maximum absolute atomic E-state index is 12.8. The number of nitrogens with zero attached hydrogens (tertiary/aromatic N) is 1. The second-order valence-electron chi connectivity index (χ2n) is 5.02. The van der Waals surface area contributed by atoms with Crippen LogP contribution in [0.4, 0.5) is 0 Å². The van der Waals surface area contributed by atoms with Gasteiger partial charge in [-0.3, -0.25) is 0 Å². The first-order valence-corrected chi connectivity index (χ1v) is 9.39. The summed E-state index contributed by atoms with van der Waals surface area (Å²) >= 11 is 1.74. The molecule has 1 heterocycles. The Morgan fingerprint density at radius 3 is 2.71 bits per heavy atom. The highest BCUT2D eigenvalue weighted by Gasteiger charge is 2.32. The van der Waals surface area contributed by atoms with Crippen molar-refractivity contribution in [2.75, 3.05) is 18.6 Å². The molecule has 1 aromatic rings. The maximum Gasteiger partial charge on any atom is 0.335 e. The molecule has 1 aliphatic rings. The fraction of sp³-hybridized carbons (Fsp3) is 0.500. The van der Waals surface area contributed by atoms with E-state index in [2.05, 4.69) is 0 Å². The van der Waals surface area contributed by atoms with Gasteiger partial charge in [-0.1, -0.05) is 13.0 Å². The molecule has 1 fully saturated rings. The molecule has 5 nitrogen and oxygen atoms in total. The molecule has 21 heavy (non-hydrogen) atoms. The standard InChI is InChI=1S/C14H19NO4S2/c1-3-10-4-5-11(14(16)17)8-13(10)21(18,19)15(2)12-6-7-20-9-12/h4-5,8,12H,3,6-7,9H2,1-2H3,(H,16,17). The predicted octanol–water partition coefficient (Wildman–Crippen LogP) is 2.07. The van der Waals surface area contributed by atoms with Crippen molar-refractivity contribution < 1.29 is 18.3 Å². The normalized spacial score (nSPS) is 19.1. The van der Waals surface area contributed by atoms with Crippen molar-refractivity contribution in [2.45, 2.75) is 30.7 Å². The highest BCUT2D eigenvalue weighted by molar-refractivity contribution is 7.99. The Bertz CT molecular complexity index is 636. The van der Waals surface area contributed by atoms with Crippen LogP contribution in [-0.2, 0) is 16.4 Å². The van der Waals surface area contributed by atoms with Gasteiger partial charge >= 0.3 is 5.97 Å². The Hall–Kier alpha value is -1.05. The molecule has 1 aliphatic heterocycles. The number of hydrogen-bond donors (Lipinski definition) is 1. The summed E-state index contributed by atoms with van der Waals surface area (Å²) in [5.74, 6) is 0.629. The van der Waals surface area contributed by atoms with Crippen LogP contribution in [0.5, 0.6) is 0 Å². The quantitative estimate of drug-likeness (QED) is 0.895. The number of thioether (sulfide) groups is 1. The highest BCUT2D eigenvalue weighted by Crippen LogP contribution is 2.28. The smallest absolute Gasteiger partial charge is 0.335 e. The van der Waals surface area contributed by atoms with Crippen molar-refractivity contribution in [3.8, 4) is 0 Å². The third kappa shape index (κ3) is 3.25. The summed E-state index contributed by atoms with van der Waals surface area (Å²) in [6.07, 6.45) is 1.38. The third-order valence-electron chi connectivity index (χ3n) is 3.77. The molecular formula is C14H19NO4S2. The van der Waals surface area contributed by atoms with Gasteiger partial charge < -0.3 is 5.11 Å². The lowest BCUT2D eigenvalue weighted by molar-refractivity contribution is 0.0696. The number of carbonyl (C=O) groups is 1. The van der Waals surface area contributed by atoms with Crippen LogP contribution in [0.3, 0.4) is 0 Å². The van der Waals surface area contributed by atoms with Gasteiger partial charge in [-0.15, -0.1) is 0 Å². The summed E-state index contributed by atoms with van der Waals surface area (Å²) in [5, 5.41) is 9.08. The van der Waals surface area contributed by atoms with Crippen LogP contribution >= 0.6 is 11.8 Å². The zero-order valence-electron chi connectivity index (χ0n) is 12.1. The lowest BCUT2D eigenvalue weighted by Crippen LogP contribution is -2.37. The zero-order valence-corrected chi connectivity index (χ0v) is 13.7. The van der Waals surface area contributed by atoms with Crippen molar-refractivity contribution in [1.29, 1.82) is 0 Å². The number of rotatable bonds is 5. The summed E-state index contributed by atoms with van der Waals surface area (Å²) in [4.78, 5) is 11.2. The molecule has 0 bridgehead atoms. The average Bonchev–Trinajstić information content (AvgIpc) is 2.99. The molecule has 0 spiro atoms. The monoisotopic (exact) mass is 329 g/mol. The Kier molecular flexibility index (Phi) is 4.95. The van der Waals surface area contributed by atoms with Crippen LogP contribution in [0.1, 0.15) is 29.3 Å². The molecule has 0 radical (unpaired) electrons. The van der Waals surface area contributed by atoms with Gasteiger partial charge in [0.05, 0.1) is 10.5 Å². The highest BCUT2D eigenvalue weighted by atomic mass is 32.2. The molecule has 0 amide bonds. The first-order valence-electron chi connectivity index (χ1n) is 6.80. The van der Waals surface area contributed by atoms with E-state index in [1.165, 1.54) is 16.4 Å². The molecular weight excluding hydrogens is 310 g/mol. The van der Waals surface area contributed by atoms with E-state index in [1.54, 1.807) is 24.9 Å². The van der Waals surface area contributed by atoms with Gasteiger partial charge in [0.1, 0.15) is 0 Å². The lowest BCUT2D eigenvalue weighted by Gasteiger charge is -2.24.